The lowest BCUT2D eigenvalue weighted by atomic mass is 9.84. The van der Waals surface area contributed by atoms with E-state index < -0.39 is 0 Å². The summed E-state index contributed by atoms with van der Waals surface area (Å²) in [7, 11) is 0. The molecular formula is C18H27FN2. The van der Waals surface area contributed by atoms with Crippen molar-refractivity contribution in [3.63, 3.8) is 0 Å². The standard InChI is InChI=1S/C18H27FN2/c1-4-17(2)12-20-18(3,15-7-8-15)13-21(17)11-14-5-9-16(19)10-6-14/h5-6,9-10,15,20H,4,7-8,11-13H2,1-3H3. The van der Waals surface area contributed by atoms with Crippen molar-refractivity contribution in [2.45, 2.75) is 57.7 Å². The molecule has 1 heterocycles. The van der Waals surface area contributed by atoms with Crippen molar-refractivity contribution >= 4 is 0 Å². The van der Waals surface area contributed by atoms with E-state index in [0.29, 0.717) is 0 Å². The van der Waals surface area contributed by atoms with E-state index in [1.165, 1.54) is 18.4 Å². The highest BCUT2D eigenvalue weighted by Gasteiger charge is 2.48. The van der Waals surface area contributed by atoms with E-state index in [4.69, 9.17) is 0 Å². The average molecular weight is 290 g/mol. The van der Waals surface area contributed by atoms with Crippen LogP contribution in [-0.2, 0) is 6.54 Å². The van der Waals surface area contributed by atoms with Gasteiger partial charge in [-0.2, -0.15) is 0 Å². The van der Waals surface area contributed by atoms with Crippen LogP contribution in [0.15, 0.2) is 24.3 Å². The molecule has 1 saturated heterocycles. The van der Waals surface area contributed by atoms with Crippen molar-refractivity contribution in [2.75, 3.05) is 13.1 Å². The number of piperazine rings is 1. The molecule has 0 radical (unpaired) electrons. The highest BCUT2D eigenvalue weighted by molar-refractivity contribution is 5.17. The van der Waals surface area contributed by atoms with Crippen LogP contribution in [0.5, 0.6) is 0 Å². The van der Waals surface area contributed by atoms with Gasteiger partial charge in [0.2, 0.25) is 0 Å². The van der Waals surface area contributed by atoms with E-state index in [-0.39, 0.29) is 16.9 Å². The van der Waals surface area contributed by atoms with Crippen molar-refractivity contribution in [2.24, 2.45) is 5.92 Å². The molecule has 2 unspecified atom stereocenters. The molecule has 1 aliphatic heterocycles. The summed E-state index contributed by atoms with van der Waals surface area (Å²) in [5, 5.41) is 3.82. The summed E-state index contributed by atoms with van der Waals surface area (Å²) in [4.78, 5) is 2.61. The van der Waals surface area contributed by atoms with Crippen molar-refractivity contribution in [1.82, 2.24) is 10.2 Å². The third-order valence-electron chi connectivity index (χ3n) is 5.68. The van der Waals surface area contributed by atoms with Crippen LogP contribution < -0.4 is 5.32 Å². The van der Waals surface area contributed by atoms with Crippen LogP contribution in [0.1, 0.15) is 45.6 Å². The van der Waals surface area contributed by atoms with E-state index in [1.54, 1.807) is 12.1 Å². The van der Waals surface area contributed by atoms with E-state index in [2.05, 4.69) is 31.0 Å². The SMILES string of the molecule is CCC1(C)CNC(C)(C2CC2)CN1Cc1ccc(F)cc1. The topological polar surface area (TPSA) is 15.3 Å². The van der Waals surface area contributed by atoms with Gasteiger partial charge in [-0.05, 0) is 56.7 Å². The average Bonchev–Trinajstić information content (AvgIpc) is 3.31. The molecule has 2 nitrogen and oxygen atoms in total. The molecule has 0 amide bonds. The molecule has 1 aromatic carbocycles. The zero-order valence-corrected chi connectivity index (χ0v) is 13.5. The summed E-state index contributed by atoms with van der Waals surface area (Å²) in [5.41, 5.74) is 1.63. The van der Waals surface area contributed by atoms with E-state index in [9.17, 15) is 4.39 Å². The van der Waals surface area contributed by atoms with E-state index in [1.807, 2.05) is 12.1 Å². The van der Waals surface area contributed by atoms with E-state index >= 15 is 0 Å². The van der Waals surface area contributed by atoms with Gasteiger partial charge in [0.1, 0.15) is 5.82 Å². The highest BCUT2D eigenvalue weighted by atomic mass is 19.1. The molecule has 1 N–H and O–H groups in total. The number of hydrogen-bond donors (Lipinski definition) is 1. The minimum Gasteiger partial charge on any atom is -0.308 e. The summed E-state index contributed by atoms with van der Waals surface area (Å²) in [6.07, 6.45) is 3.84. The fraction of sp³-hybridized carbons (Fsp3) is 0.667. The number of nitrogens with zero attached hydrogens (tertiary/aromatic N) is 1. The molecule has 116 valence electrons. The summed E-state index contributed by atoms with van der Waals surface area (Å²) < 4.78 is 13.1. The Morgan fingerprint density at radius 1 is 1.24 bits per heavy atom. The molecule has 1 aliphatic carbocycles. The lowest BCUT2D eigenvalue weighted by molar-refractivity contribution is 0.00424. The second-order valence-corrected chi connectivity index (χ2v) is 7.38. The Kier molecular flexibility index (Phi) is 3.83. The van der Waals surface area contributed by atoms with Crippen LogP contribution in [-0.4, -0.2) is 29.1 Å². The Morgan fingerprint density at radius 3 is 2.48 bits per heavy atom. The van der Waals surface area contributed by atoms with Gasteiger partial charge in [-0.3, -0.25) is 4.90 Å². The monoisotopic (exact) mass is 290 g/mol. The number of benzene rings is 1. The third-order valence-corrected chi connectivity index (χ3v) is 5.68. The first-order chi connectivity index (χ1) is 9.95. The first-order valence-corrected chi connectivity index (χ1v) is 8.20. The normalized spacial score (nSPS) is 34.1. The predicted molar refractivity (Wildman–Crippen MR) is 84.6 cm³/mol. The molecule has 2 aliphatic rings. The second-order valence-electron chi connectivity index (χ2n) is 7.38. The van der Waals surface area contributed by atoms with Crippen LogP contribution >= 0.6 is 0 Å². The van der Waals surface area contributed by atoms with Crippen molar-refractivity contribution < 1.29 is 4.39 Å². The first kappa shape index (κ1) is 15.0. The molecule has 3 heteroatoms. The van der Waals surface area contributed by atoms with Crippen LogP contribution in [0.25, 0.3) is 0 Å². The van der Waals surface area contributed by atoms with Crippen LogP contribution in [0.3, 0.4) is 0 Å². The van der Waals surface area contributed by atoms with Gasteiger partial charge in [0.15, 0.2) is 0 Å². The molecule has 1 saturated carbocycles. The van der Waals surface area contributed by atoms with Crippen molar-refractivity contribution in [3.8, 4) is 0 Å². The molecular weight excluding hydrogens is 263 g/mol. The van der Waals surface area contributed by atoms with Crippen LogP contribution in [0.2, 0.25) is 0 Å². The van der Waals surface area contributed by atoms with Gasteiger partial charge in [-0.15, -0.1) is 0 Å². The minimum absolute atomic E-state index is 0.153. The molecule has 2 atom stereocenters. The van der Waals surface area contributed by atoms with Gasteiger partial charge in [0.05, 0.1) is 0 Å². The highest BCUT2D eigenvalue weighted by Crippen LogP contribution is 2.43. The fourth-order valence-corrected chi connectivity index (χ4v) is 3.55. The Labute approximate surface area is 127 Å². The van der Waals surface area contributed by atoms with E-state index in [0.717, 1.165) is 32.0 Å². The second kappa shape index (κ2) is 5.36. The smallest absolute Gasteiger partial charge is 0.123 e. The molecule has 2 fully saturated rings. The summed E-state index contributed by atoms with van der Waals surface area (Å²) in [6.45, 7) is 10.0. The number of nitrogens with one attached hydrogen (secondary N) is 1. The molecule has 0 bridgehead atoms. The Bertz CT molecular complexity index is 496. The number of halogens is 1. The van der Waals surface area contributed by atoms with Crippen LogP contribution in [0, 0.1) is 11.7 Å². The Morgan fingerprint density at radius 2 is 1.90 bits per heavy atom. The number of hydrogen-bond acceptors (Lipinski definition) is 2. The van der Waals surface area contributed by atoms with Crippen molar-refractivity contribution in [3.05, 3.63) is 35.6 Å². The quantitative estimate of drug-likeness (QED) is 0.912. The molecule has 3 rings (SSSR count). The predicted octanol–water partition coefficient (Wildman–Crippen LogP) is 3.57. The lowest BCUT2D eigenvalue weighted by Gasteiger charge is -2.52. The number of rotatable bonds is 4. The maximum atomic E-state index is 13.1. The maximum Gasteiger partial charge on any atom is 0.123 e. The molecule has 21 heavy (non-hydrogen) atoms. The molecule has 0 aromatic heterocycles. The van der Waals surface area contributed by atoms with Crippen molar-refractivity contribution in [1.29, 1.82) is 0 Å². The lowest BCUT2D eigenvalue weighted by Crippen LogP contribution is -2.68. The molecule has 1 aromatic rings. The van der Waals surface area contributed by atoms with Gasteiger partial charge in [-0.25, -0.2) is 4.39 Å². The van der Waals surface area contributed by atoms with Gasteiger partial charge in [-0.1, -0.05) is 19.1 Å². The zero-order chi connectivity index (χ0) is 15.1. The Hall–Kier alpha value is -0.930. The first-order valence-electron chi connectivity index (χ1n) is 8.20. The van der Waals surface area contributed by atoms with Gasteiger partial charge >= 0.3 is 0 Å². The summed E-state index contributed by atoms with van der Waals surface area (Å²) in [6, 6.07) is 6.98. The van der Waals surface area contributed by atoms with Crippen LogP contribution in [0.4, 0.5) is 4.39 Å². The summed E-state index contributed by atoms with van der Waals surface area (Å²) >= 11 is 0. The Balaban J connectivity index is 1.78. The summed E-state index contributed by atoms with van der Waals surface area (Å²) in [5.74, 6) is 0.676. The zero-order valence-electron chi connectivity index (χ0n) is 13.5. The maximum absolute atomic E-state index is 13.1. The fourth-order valence-electron chi connectivity index (χ4n) is 3.55. The largest absolute Gasteiger partial charge is 0.308 e. The third kappa shape index (κ3) is 3.00. The van der Waals surface area contributed by atoms with Gasteiger partial charge in [0.25, 0.3) is 0 Å². The minimum atomic E-state index is -0.153. The molecule has 0 spiro atoms. The van der Waals surface area contributed by atoms with Gasteiger partial charge in [0, 0.05) is 30.7 Å². The van der Waals surface area contributed by atoms with Gasteiger partial charge < -0.3 is 5.32 Å².